The monoisotopic (exact) mass is 465 g/mol. The predicted octanol–water partition coefficient (Wildman–Crippen LogP) is 3.26. The summed E-state index contributed by atoms with van der Waals surface area (Å²) in [6, 6.07) is 1.93. The van der Waals surface area contributed by atoms with Crippen LogP contribution in [0.5, 0.6) is 0 Å². The fourth-order valence-electron chi connectivity index (χ4n) is 4.67. The number of alkyl halides is 2. The second-order valence-electron chi connectivity index (χ2n) is 8.70. The highest BCUT2D eigenvalue weighted by molar-refractivity contribution is 6.36. The number of hydrogen-bond acceptors (Lipinski definition) is 6. The van der Waals surface area contributed by atoms with Gasteiger partial charge < -0.3 is 23.9 Å². The smallest absolute Gasteiger partial charge is 0.164 e. The lowest BCUT2D eigenvalue weighted by atomic mass is 9.80. The zero-order valence-corrected chi connectivity index (χ0v) is 19.0. The van der Waals surface area contributed by atoms with Gasteiger partial charge in [0.15, 0.2) is 5.00 Å². The second-order valence-corrected chi connectivity index (χ2v) is 9.90. The molecule has 2 saturated heterocycles. The number of allylic oxidation sites excluding steroid dienone is 1. The summed E-state index contributed by atoms with van der Waals surface area (Å²) in [6.45, 7) is 6.38. The maximum Gasteiger partial charge on any atom is 0.164 e. The van der Waals surface area contributed by atoms with Gasteiger partial charge in [0.05, 0.1) is 18.4 Å². The van der Waals surface area contributed by atoms with Crippen molar-refractivity contribution in [3.05, 3.63) is 48.1 Å². The maximum absolute atomic E-state index is 10.8. The molecule has 2 aromatic rings. The van der Waals surface area contributed by atoms with Crippen molar-refractivity contribution in [1.29, 1.82) is 0 Å². The molecule has 0 saturated carbocycles. The fourth-order valence-corrected chi connectivity index (χ4v) is 5.50. The van der Waals surface area contributed by atoms with Gasteiger partial charge in [-0.25, -0.2) is 9.97 Å². The topological polar surface area (TPSA) is 78.6 Å². The van der Waals surface area contributed by atoms with Crippen LogP contribution in [-0.2, 0) is 19.2 Å². The van der Waals surface area contributed by atoms with Crippen molar-refractivity contribution in [2.24, 2.45) is 5.92 Å². The molecule has 3 aliphatic rings. The van der Waals surface area contributed by atoms with E-state index in [4.69, 9.17) is 37.4 Å². The van der Waals surface area contributed by atoms with Crippen LogP contribution in [0.4, 0.5) is 0 Å². The highest BCUT2D eigenvalue weighted by atomic mass is 35.5. The second kappa shape index (κ2) is 7.54. The summed E-state index contributed by atoms with van der Waals surface area (Å²) in [5.74, 6) is 0.00532. The summed E-state index contributed by atoms with van der Waals surface area (Å²) in [6.07, 6.45) is 6.97. The van der Waals surface area contributed by atoms with Gasteiger partial charge >= 0.3 is 0 Å². The molecule has 9 heteroatoms. The van der Waals surface area contributed by atoms with E-state index in [2.05, 4.69) is 9.97 Å². The van der Waals surface area contributed by atoms with Crippen LogP contribution in [0.25, 0.3) is 11.0 Å². The molecule has 0 bridgehead atoms. The predicted molar refractivity (Wildman–Crippen MR) is 117 cm³/mol. The zero-order chi connectivity index (χ0) is 22.0. The highest BCUT2D eigenvalue weighted by Gasteiger charge is 2.62. The fraction of sp³-hybridized carbons (Fsp3) is 0.545. The normalized spacial score (nSPS) is 36.2. The van der Waals surface area contributed by atoms with Crippen molar-refractivity contribution in [3.8, 4) is 0 Å². The summed E-state index contributed by atoms with van der Waals surface area (Å²) in [7, 11) is 0. The first-order valence-electron chi connectivity index (χ1n) is 10.4. The quantitative estimate of drug-likeness (QED) is 0.698. The highest BCUT2D eigenvalue weighted by Crippen LogP contribution is 2.53. The number of aryl methyl sites for hydroxylation is 1. The van der Waals surface area contributed by atoms with Gasteiger partial charge in [0.1, 0.15) is 42.0 Å². The van der Waals surface area contributed by atoms with Crippen molar-refractivity contribution in [2.75, 3.05) is 13.4 Å². The first kappa shape index (κ1) is 21.4. The summed E-state index contributed by atoms with van der Waals surface area (Å²) < 4.78 is 19.4. The molecule has 6 atom stereocenters. The molecule has 31 heavy (non-hydrogen) atoms. The minimum atomic E-state index is -1.29. The summed E-state index contributed by atoms with van der Waals surface area (Å²) in [4.78, 5) is 6.19. The molecule has 0 spiro atoms. The first-order chi connectivity index (χ1) is 14.8. The van der Waals surface area contributed by atoms with Crippen LogP contribution in [0.3, 0.4) is 0 Å². The van der Waals surface area contributed by atoms with Crippen molar-refractivity contribution in [2.45, 2.75) is 55.1 Å². The Balaban J connectivity index is 1.68. The molecule has 0 radical (unpaired) electrons. The van der Waals surface area contributed by atoms with Crippen molar-refractivity contribution in [3.63, 3.8) is 0 Å². The Labute approximate surface area is 190 Å². The van der Waals surface area contributed by atoms with Crippen LogP contribution in [0.1, 0.15) is 19.5 Å². The van der Waals surface area contributed by atoms with Crippen LogP contribution < -0.4 is 0 Å². The molecule has 4 heterocycles. The summed E-state index contributed by atoms with van der Waals surface area (Å²) >= 11 is 14.8. The Morgan fingerprint density at radius 3 is 2.81 bits per heavy atom. The lowest BCUT2D eigenvalue weighted by Gasteiger charge is -2.46. The molecule has 2 fully saturated rings. The third-order valence-electron chi connectivity index (χ3n) is 6.48. The lowest BCUT2D eigenvalue weighted by molar-refractivity contribution is -0.0554. The Bertz CT molecular complexity index is 1070. The van der Waals surface area contributed by atoms with Gasteiger partial charge in [-0.3, -0.25) is 0 Å². The molecule has 5 rings (SSSR count). The number of fused-ring (bicyclic) bond motifs is 2. The minimum absolute atomic E-state index is 0.00532. The van der Waals surface area contributed by atoms with Crippen molar-refractivity contribution < 1.29 is 19.3 Å². The molecule has 2 aliphatic heterocycles. The summed E-state index contributed by atoms with van der Waals surface area (Å²) in [5, 5.41) is 11.7. The van der Waals surface area contributed by atoms with E-state index in [1.807, 2.05) is 55.8 Å². The average Bonchev–Trinajstić information content (AvgIpc) is 3.45. The van der Waals surface area contributed by atoms with Crippen LogP contribution in [0, 0.1) is 12.8 Å². The van der Waals surface area contributed by atoms with Gasteiger partial charge in [-0.2, -0.15) is 0 Å². The first-order valence-corrected chi connectivity index (χ1v) is 11.1. The number of aromatic nitrogens is 3. The number of aliphatic hydroxyl groups excluding tert-OH is 1. The molecule has 2 unspecified atom stereocenters. The van der Waals surface area contributed by atoms with Crippen LogP contribution in [0.2, 0.25) is 0 Å². The standard InChI is InChI=1S/C22H25Cl2N3O4/c1-12(2)17(28)14-4-6-22(24,27-7-5-15-13(3)25-10-26-20(15)27)21(23,8-14)19-18-16(9-29-19)30-11-31-18/h4-8,10,12,16-19,28H,9,11H2,1-3H3/t16-,17?,18-,19+,21?,22+/m1/s1. The molecule has 0 amide bonds. The third kappa shape index (κ3) is 3.09. The van der Waals surface area contributed by atoms with E-state index in [-0.39, 0.29) is 24.9 Å². The van der Waals surface area contributed by atoms with Crippen LogP contribution in [0.15, 0.2) is 42.4 Å². The maximum atomic E-state index is 10.8. The van der Waals surface area contributed by atoms with E-state index in [1.165, 1.54) is 6.33 Å². The Morgan fingerprint density at radius 2 is 2.03 bits per heavy atom. The number of halogens is 2. The molecule has 1 N–H and O–H groups in total. The van der Waals surface area contributed by atoms with Gasteiger partial charge in [0.25, 0.3) is 0 Å². The van der Waals surface area contributed by atoms with Gasteiger partial charge in [0.2, 0.25) is 0 Å². The number of nitrogens with zero attached hydrogens (tertiary/aromatic N) is 3. The number of hydrogen-bond donors (Lipinski definition) is 1. The molecule has 166 valence electrons. The molecular formula is C22H25Cl2N3O4. The lowest BCUT2D eigenvalue weighted by Crippen LogP contribution is -2.58. The SMILES string of the molecule is Cc1ncnc2c1ccn2[C@@]1(Cl)C=CC(C(O)C(C)C)=CC1(Cl)[C@H]1OC[C@H]2OCO[C@H]21. The molecular weight excluding hydrogens is 441 g/mol. The third-order valence-corrected chi connectivity index (χ3v) is 7.81. The van der Waals surface area contributed by atoms with Crippen molar-refractivity contribution >= 4 is 34.2 Å². The van der Waals surface area contributed by atoms with E-state index in [9.17, 15) is 5.11 Å². The van der Waals surface area contributed by atoms with E-state index in [0.29, 0.717) is 17.8 Å². The van der Waals surface area contributed by atoms with Gasteiger partial charge in [-0.05, 0) is 30.6 Å². The van der Waals surface area contributed by atoms with Crippen LogP contribution >= 0.6 is 23.2 Å². The number of aliphatic hydroxyl groups is 1. The molecule has 2 aromatic heterocycles. The number of rotatable bonds is 4. The van der Waals surface area contributed by atoms with E-state index < -0.39 is 22.1 Å². The van der Waals surface area contributed by atoms with Crippen LogP contribution in [-0.4, -0.2) is 62.3 Å². The Hall–Kier alpha value is -1.48. The molecule has 7 nitrogen and oxygen atoms in total. The Morgan fingerprint density at radius 1 is 1.23 bits per heavy atom. The summed E-state index contributed by atoms with van der Waals surface area (Å²) in [5.41, 5.74) is 2.20. The molecule has 1 aliphatic carbocycles. The van der Waals surface area contributed by atoms with E-state index in [0.717, 1.165) is 11.1 Å². The Kier molecular flexibility index (Phi) is 5.20. The van der Waals surface area contributed by atoms with E-state index in [1.54, 1.807) is 0 Å². The molecule has 0 aromatic carbocycles. The van der Waals surface area contributed by atoms with E-state index >= 15 is 0 Å². The largest absolute Gasteiger partial charge is 0.388 e. The van der Waals surface area contributed by atoms with Crippen molar-refractivity contribution in [1.82, 2.24) is 14.5 Å². The average molecular weight is 466 g/mol. The van der Waals surface area contributed by atoms with Gasteiger partial charge in [-0.1, -0.05) is 37.6 Å². The zero-order valence-electron chi connectivity index (χ0n) is 17.5. The number of ether oxygens (including phenoxy) is 3. The minimum Gasteiger partial charge on any atom is -0.388 e. The van der Waals surface area contributed by atoms with Gasteiger partial charge in [-0.15, -0.1) is 11.6 Å². The van der Waals surface area contributed by atoms with Gasteiger partial charge in [0, 0.05) is 11.6 Å².